The normalized spacial score (nSPS) is 11.6. The number of allylic oxidation sites excluding steroid dienone is 2. The summed E-state index contributed by atoms with van der Waals surface area (Å²) in [6, 6.07) is 19.7. The van der Waals surface area contributed by atoms with Gasteiger partial charge in [0.1, 0.15) is 0 Å². The maximum absolute atomic E-state index is 12.5. The van der Waals surface area contributed by atoms with Gasteiger partial charge in [-0.05, 0) is 23.8 Å². The average Bonchev–Trinajstić information content (AvgIpc) is 2.53. The maximum Gasteiger partial charge on any atom is 0.193 e. The lowest BCUT2D eigenvalue weighted by Gasteiger charge is -2.09. The van der Waals surface area contributed by atoms with Gasteiger partial charge in [-0.1, -0.05) is 66.4 Å². The van der Waals surface area contributed by atoms with E-state index in [-0.39, 0.29) is 5.78 Å². The van der Waals surface area contributed by atoms with Crippen LogP contribution in [-0.4, -0.2) is 24.8 Å². The molecule has 2 aromatic rings. The Hall–Kier alpha value is -2.26. The molecular weight excluding hydrogens is 290 g/mol. The lowest BCUT2D eigenvalue weighted by atomic mass is 10.2. The van der Waals surface area contributed by atoms with Crippen molar-refractivity contribution in [3.63, 3.8) is 0 Å². The third-order valence-electron chi connectivity index (χ3n) is 2.82. The fraction of sp³-hybridized carbons (Fsp3) is 0.105. The highest BCUT2D eigenvalue weighted by Crippen LogP contribution is 2.27. The molecule has 0 amide bonds. The van der Waals surface area contributed by atoms with Crippen molar-refractivity contribution >= 4 is 23.6 Å². The lowest BCUT2D eigenvalue weighted by Crippen LogP contribution is -2.06. The van der Waals surface area contributed by atoms with Crippen molar-refractivity contribution in [2.75, 3.05) is 14.1 Å². The first kappa shape index (κ1) is 16.1. The quantitative estimate of drug-likeness (QED) is 0.580. The molecule has 0 heterocycles. The van der Waals surface area contributed by atoms with Crippen LogP contribution in [0.4, 0.5) is 0 Å². The van der Waals surface area contributed by atoms with Gasteiger partial charge in [-0.3, -0.25) is 4.79 Å². The van der Waals surface area contributed by atoms with E-state index in [9.17, 15) is 4.79 Å². The minimum Gasteiger partial charge on any atom is -0.382 e. The molecule has 22 heavy (non-hydrogen) atoms. The number of carbonyl (C=O) groups excluding carboxylic acids is 1. The van der Waals surface area contributed by atoms with Crippen molar-refractivity contribution in [1.82, 2.24) is 4.90 Å². The van der Waals surface area contributed by atoms with Crippen LogP contribution in [0.5, 0.6) is 0 Å². The predicted molar refractivity (Wildman–Crippen MR) is 94.6 cm³/mol. The van der Waals surface area contributed by atoms with Gasteiger partial charge in [0.15, 0.2) is 5.78 Å². The van der Waals surface area contributed by atoms with Crippen LogP contribution in [0.1, 0.15) is 5.56 Å². The summed E-state index contributed by atoms with van der Waals surface area (Å²) in [7, 11) is 3.83. The van der Waals surface area contributed by atoms with Crippen molar-refractivity contribution in [3.05, 3.63) is 83.4 Å². The van der Waals surface area contributed by atoms with Crippen LogP contribution >= 0.6 is 11.8 Å². The molecule has 0 aliphatic rings. The third-order valence-corrected chi connectivity index (χ3v) is 3.85. The van der Waals surface area contributed by atoms with E-state index in [0.29, 0.717) is 4.91 Å². The SMILES string of the molecule is CN(C)/C=C(\Sc1ccccc1)C(=O)/C=C/c1ccccc1. The molecule has 0 bridgehead atoms. The molecule has 0 aromatic heterocycles. The summed E-state index contributed by atoms with van der Waals surface area (Å²) in [5.41, 5.74) is 1.02. The standard InChI is InChI=1S/C19H19NOS/c1-20(2)15-19(22-17-11-7-4-8-12-17)18(21)14-13-16-9-5-3-6-10-16/h3-15H,1-2H3/b14-13+,19-15-. The number of hydrogen-bond donors (Lipinski definition) is 0. The fourth-order valence-electron chi connectivity index (χ4n) is 1.81. The first-order valence-corrected chi connectivity index (χ1v) is 7.85. The summed E-state index contributed by atoms with van der Waals surface area (Å²) < 4.78 is 0. The van der Waals surface area contributed by atoms with Gasteiger partial charge in [0, 0.05) is 25.2 Å². The Morgan fingerprint density at radius 3 is 2.14 bits per heavy atom. The minimum absolute atomic E-state index is 0.00593. The molecule has 2 nitrogen and oxygen atoms in total. The van der Waals surface area contributed by atoms with Crippen LogP contribution in [-0.2, 0) is 4.79 Å². The number of thioether (sulfide) groups is 1. The second-order valence-corrected chi connectivity index (χ2v) is 6.10. The zero-order valence-electron chi connectivity index (χ0n) is 12.8. The van der Waals surface area contributed by atoms with E-state index in [1.165, 1.54) is 11.8 Å². The maximum atomic E-state index is 12.5. The van der Waals surface area contributed by atoms with E-state index in [1.54, 1.807) is 6.08 Å². The van der Waals surface area contributed by atoms with E-state index >= 15 is 0 Å². The molecule has 2 rings (SSSR count). The number of rotatable bonds is 6. The third kappa shape index (κ3) is 5.26. The Labute approximate surface area is 136 Å². The van der Waals surface area contributed by atoms with Crippen molar-refractivity contribution in [3.8, 4) is 0 Å². The Morgan fingerprint density at radius 1 is 0.955 bits per heavy atom. The number of ketones is 1. The summed E-state index contributed by atoms with van der Waals surface area (Å²) in [6.07, 6.45) is 5.33. The van der Waals surface area contributed by atoms with Gasteiger partial charge in [-0.2, -0.15) is 0 Å². The van der Waals surface area contributed by atoms with Crippen LogP contribution in [0, 0.1) is 0 Å². The van der Waals surface area contributed by atoms with Gasteiger partial charge in [-0.25, -0.2) is 0 Å². The molecule has 0 unspecified atom stereocenters. The summed E-state index contributed by atoms with van der Waals surface area (Å²) >= 11 is 1.48. The smallest absolute Gasteiger partial charge is 0.193 e. The van der Waals surface area contributed by atoms with Gasteiger partial charge in [0.2, 0.25) is 0 Å². The molecule has 0 atom stereocenters. The Morgan fingerprint density at radius 2 is 1.55 bits per heavy atom. The first-order valence-electron chi connectivity index (χ1n) is 7.04. The molecule has 0 saturated carbocycles. The monoisotopic (exact) mass is 309 g/mol. The number of carbonyl (C=O) groups is 1. The van der Waals surface area contributed by atoms with Crippen LogP contribution in [0.25, 0.3) is 6.08 Å². The molecule has 112 valence electrons. The summed E-state index contributed by atoms with van der Waals surface area (Å²) in [6.45, 7) is 0. The fourth-order valence-corrected chi connectivity index (χ4v) is 2.79. The molecular formula is C19H19NOS. The molecule has 2 aromatic carbocycles. The largest absolute Gasteiger partial charge is 0.382 e. The number of nitrogens with zero attached hydrogens (tertiary/aromatic N) is 1. The number of benzene rings is 2. The second kappa shape index (κ2) is 8.25. The van der Waals surface area contributed by atoms with Gasteiger partial charge in [0.05, 0.1) is 4.91 Å². The molecule has 0 aliphatic carbocycles. The molecule has 0 saturated heterocycles. The van der Waals surface area contributed by atoms with Crippen molar-refractivity contribution in [1.29, 1.82) is 0 Å². The summed E-state index contributed by atoms with van der Waals surface area (Å²) in [5.74, 6) is 0.00593. The van der Waals surface area contributed by atoms with Crippen LogP contribution in [0.3, 0.4) is 0 Å². The van der Waals surface area contributed by atoms with E-state index in [2.05, 4.69) is 0 Å². The van der Waals surface area contributed by atoms with E-state index in [1.807, 2.05) is 91.9 Å². The van der Waals surface area contributed by atoms with E-state index < -0.39 is 0 Å². The minimum atomic E-state index is 0.00593. The second-order valence-electron chi connectivity index (χ2n) is 4.98. The molecule has 3 heteroatoms. The topological polar surface area (TPSA) is 20.3 Å². The Balaban J connectivity index is 2.15. The van der Waals surface area contributed by atoms with E-state index in [4.69, 9.17) is 0 Å². The Kier molecular flexibility index (Phi) is 6.04. The lowest BCUT2D eigenvalue weighted by molar-refractivity contribution is -0.110. The highest BCUT2D eigenvalue weighted by molar-refractivity contribution is 8.04. The van der Waals surface area contributed by atoms with Crippen LogP contribution in [0.2, 0.25) is 0 Å². The molecule has 0 spiro atoms. The van der Waals surface area contributed by atoms with Crippen molar-refractivity contribution in [2.45, 2.75) is 4.90 Å². The van der Waals surface area contributed by atoms with Gasteiger partial charge >= 0.3 is 0 Å². The molecule has 0 fully saturated rings. The van der Waals surface area contributed by atoms with E-state index in [0.717, 1.165) is 10.5 Å². The zero-order valence-corrected chi connectivity index (χ0v) is 13.6. The highest BCUT2D eigenvalue weighted by Gasteiger charge is 2.09. The first-order chi connectivity index (χ1) is 10.6. The summed E-state index contributed by atoms with van der Waals surface area (Å²) in [4.78, 5) is 16.1. The molecule has 0 radical (unpaired) electrons. The molecule has 0 aliphatic heterocycles. The predicted octanol–water partition coefficient (Wildman–Crippen LogP) is 4.46. The van der Waals surface area contributed by atoms with Gasteiger partial charge < -0.3 is 4.90 Å². The van der Waals surface area contributed by atoms with Gasteiger partial charge in [0.25, 0.3) is 0 Å². The highest BCUT2D eigenvalue weighted by atomic mass is 32.2. The zero-order chi connectivity index (χ0) is 15.8. The van der Waals surface area contributed by atoms with Gasteiger partial charge in [-0.15, -0.1) is 0 Å². The Bertz CT molecular complexity index is 660. The molecule has 0 N–H and O–H groups in total. The van der Waals surface area contributed by atoms with Crippen molar-refractivity contribution in [2.24, 2.45) is 0 Å². The van der Waals surface area contributed by atoms with Crippen LogP contribution in [0.15, 0.2) is 82.7 Å². The van der Waals surface area contributed by atoms with Crippen molar-refractivity contribution < 1.29 is 4.79 Å². The summed E-state index contributed by atoms with van der Waals surface area (Å²) in [5, 5.41) is 0. The number of hydrogen-bond acceptors (Lipinski definition) is 3. The van der Waals surface area contributed by atoms with Crippen LogP contribution < -0.4 is 0 Å². The average molecular weight is 309 g/mol.